The highest BCUT2D eigenvalue weighted by Gasteiger charge is 2.37. The van der Waals surface area contributed by atoms with Crippen molar-refractivity contribution in [3.8, 4) is 12.3 Å². The molecule has 1 fully saturated rings. The number of hydrogen-bond acceptors (Lipinski definition) is 1. The van der Waals surface area contributed by atoms with Gasteiger partial charge in [-0.2, -0.15) is 0 Å². The van der Waals surface area contributed by atoms with E-state index >= 15 is 0 Å². The lowest BCUT2D eigenvalue weighted by atomic mass is 9.64. The van der Waals surface area contributed by atoms with Crippen molar-refractivity contribution in [2.45, 2.75) is 24.7 Å². The normalized spacial score (nSPS) is 18.3. The SMILES string of the molecule is C#Cc1cccc(C2(CN)CCC2)c1. The van der Waals surface area contributed by atoms with Gasteiger partial charge in [-0.25, -0.2) is 0 Å². The molecule has 0 aromatic heterocycles. The van der Waals surface area contributed by atoms with Gasteiger partial charge in [0.1, 0.15) is 0 Å². The zero-order valence-corrected chi connectivity index (χ0v) is 8.29. The van der Waals surface area contributed by atoms with Gasteiger partial charge in [0.05, 0.1) is 0 Å². The summed E-state index contributed by atoms with van der Waals surface area (Å²) in [5, 5.41) is 0. The highest BCUT2D eigenvalue weighted by molar-refractivity contribution is 5.39. The van der Waals surface area contributed by atoms with E-state index in [4.69, 9.17) is 12.2 Å². The van der Waals surface area contributed by atoms with E-state index in [1.807, 2.05) is 12.1 Å². The second-order valence-corrected chi connectivity index (χ2v) is 4.06. The molecular weight excluding hydrogens is 170 g/mol. The molecule has 2 N–H and O–H groups in total. The largest absolute Gasteiger partial charge is 0.330 e. The zero-order chi connectivity index (χ0) is 10.0. The number of rotatable bonds is 2. The first-order chi connectivity index (χ1) is 6.80. The van der Waals surface area contributed by atoms with Gasteiger partial charge in [-0.1, -0.05) is 24.5 Å². The Hall–Kier alpha value is -1.26. The molecule has 14 heavy (non-hydrogen) atoms. The second kappa shape index (κ2) is 3.48. The van der Waals surface area contributed by atoms with Crippen LogP contribution >= 0.6 is 0 Å². The molecule has 0 aliphatic heterocycles. The molecule has 1 aromatic rings. The average Bonchev–Trinajstić information content (AvgIpc) is 2.18. The summed E-state index contributed by atoms with van der Waals surface area (Å²) in [7, 11) is 0. The van der Waals surface area contributed by atoms with Crippen LogP contribution in [-0.2, 0) is 5.41 Å². The predicted molar refractivity (Wildman–Crippen MR) is 59.0 cm³/mol. The van der Waals surface area contributed by atoms with E-state index in [9.17, 15) is 0 Å². The summed E-state index contributed by atoms with van der Waals surface area (Å²) >= 11 is 0. The van der Waals surface area contributed by atoms with Crippen molar-refractivity contribution in [1.82, 2.24) is 0 Å². The predicted octanol–water partition coefficient (Wildman–Crippen LogP) is 2.05. The van der Waals surface area contributed by atoms with Crippen LogP contribution in [0.1, 0.15) is 30.4 Å². The smallest absolute Gasteiger partial charge is 0.0245 e. The highest BCUT2D eigenvalue weighted by atomic mass is 14.6. The summed E-state index contributed by atoms with van der Waals surface area (Å²) in [5.41, 5.74) is 8.35. The molecule has 0 heterocycles. The van der Waals surface area contributed by atoms with Gasteiger partial charge in [0.25, 0.3) is 0 Å². The first-order valence-corrected chi connectivity index (χ1v) is 5.08. The molecule has 0 bridgehead atoms. The van der Waals surface area contributed by atoms with E-state index in [1.165, 1.54) is 24.8 Å². The summed E-state index contributed by atoms with van der Waals surface area (Å²) in [4.78, 5) is 0. The maximum Gasteiger partial charge on any atom is 0.0245 e. The van der Waals surface area contributed by atoms with E-state index in [1.54, 1.807) is 0 Å². The minimum absolute atomic E-state index is 0.229. The Morgan fingerprint density at radius 3 is 2.71 bits per heavy atom. The van der Waals surface area contributed by atoms with Crippen LogP contribution < -0.4 is 5.73 Å². The molecule has 1 aliphatic rings. The fourth-order valence-electron chi connectivity index (χ4n) is 2.15. The summed E-state index contributed by atoms with van der Waals surface area (Å²) in [6.45, 7) is 0.737. The molecule has 0 atom stereocenters. The van der Waals surface area contributed by atoms with Crippen molar-refractivity contribution in [1.29, 1.82) is 0 Å². The van der Waals surface area contributed by atoms with Gasteiger partial charge in [0, 0.05) is 17.5 Å². The van der Waals surface area contributed by atoms with Crippen LogP contribution in [0.25, 0.3) is 0 Å². The van der Waals surface area contributed by atoms with E-state index in [-0.39, 0.29) is 5.41 Å². The fraction of sp³-hybridized carbons (Fsp3) is 0.385. The number of terminal acetylenes is 1. The van der Waals surface area contributed by atoms with Gasteiger partial charge in [0.2, 0.25) is 0 Å². The standard InChI is InChI=1S/C13H15N/c1-2-11-5-3-6-12(9-11)13(10-14)7-4-8-13/h1,3,5-6,9H,4,7-8,10,14H2. The second-order valence-electron chi connectivity index (χ2n) is 4.06. The number of hydrogen-bond donors (Lipinski definition) is 1. The molecule has 0 unspecified atom stereocenters. The molecular formula is C13H15N. The van der Waals surface area contributed by atoms with E-state index in [2.05, 4.69) is 18.1 Å². The molecule has 1 nitrogen and oxygen atoms in total. The minimum atomic E-state index is 0.229. The van der Waals surface area contributed by atoms with Gasteiger partial charge in [-0.15, -0.1) is 6.42 Å². The molecule has 2 rings (SSSR count). The quantitative estimate of drug-likeness (QED) is 0.701. The lowest BCUT2D eigenvalue weighted by Gasteiger charge is -2.41. The first kappa shape index (κ1) is 9.30. The molecule has 72 valence electrons. The molecule has 0 radical (unpaired) electrons. The molecule has 1 heteroatoms. The lowest BCUT2D eigenvalue weighted by Crippen LogP contribution is -2.41. The third-order valence-electron chi connectivity index (χ3n) is 3.34. The third kappa shape index (κ3) is 1.32. The Balaban J connectivity index is 2.36. The van der Waals surface area contributed by atoms with Crippen molar-refractivity contribution in [3.63, 3.8) is 0 Å². The average molecular weight is 185 g/mol. The van der Waals surface area contributed by atoms with Crippen LogP contribution in [0.3, 0.4) is 0 Å². The molecule has 0 saturated heterocycles. The van der Waals surface area contributed by atoms with Gasteiger partial charge >= 0.3 is 0 Å². The minimum Gasteiger partial charge on any atom is -0.330 e. The van der Waals surface area contributed by atoms with Crippen LogP contribution in [0.5, 0.6) is 0 Å². The molecule has 0 spiro atoms. The van der Waals surface area contributed by atoms with Crippen molar-refractivity contribution in [2.75, 3.05) is 6.54 Å². The number of benzene rings is 1. The van der Waals surface area contributed by atoms with Crippen LogP contribution in [0.2, 0.25) is 0 Å². The van der Waals surface area contributed by atoms with Gasteiger partial charge in [0.15, 0.2) is 0 Å². The van der Waals surface area contributed by atoms with Crippen molar-refractivity contribution >= 4 is 0 Å². The molecule has 1 saturated carbocycles. The van der Waals surface area contributed by atoms with Crippen molar-refractivity contribution in [2.24, 2.45) is 5.73 Å². The van der Waals surface area contributed by atoms with E-state index < -0.39 is 0 Å². The van der Waals surface area contributed by atoms with Gasteiger partial charge in [-0.05, 0) is 30.5 Å². The Morgan fingerprint density at radius 1 is 1.43 bits per heavy atom. The highest BCUT2D eigenvalue weighted by Crippen LogP contribution is 2.42. The monoisotopic (exact) mass is 185 g/mol. The third-order valence-corrected chi connectivity index (χ3v) is 3.34. The Labute approximate surface area is 85.3 Å². The Bertz CT molecular complexity index is 364. The molecule has 0 amide bonds. The maximum atomic E-state index is 5.84. The van der Waals surface area contributed by atoms with E-state index in [0.29, 0.717) is 0 Å². The number of nitrogens with two attached hydrogens (primary N) is 1. The van der Waals surface area contributed by atoms with E-state index in [0.717, 1.165) is 12.1 Å². The van der Waals surface area contributed by atoms with Crippen LogP contribution in [0, 0.1) is 12.3 Å². The lowest BCUT2D eigenvalue weighted by molar-refractivity contribution is 0.253. The van der Waals surface area contributed by atoms with Crippen molar-refractivity contribution in [3.05, 3.63) is 35.4 Å². The van der Waals surface area contributed by atoms with Crippen LogP contribution in [-0.4, -0.2) is 6.54 Å². The maximum absolute atomic E-state index is 5.84. The molecule has 1 aromatic carbocycles. The Kier molecular flexibility index (Phi) is 2.31. The summed E-state index contributed by atoms with van der Waals surface area (Å²) in [6, 6.07) is 8.24. The van der Waals surface area contributed by atoms with Gasteiger partial charge < -0.3 is 5.73 Å². The summed E-state index contributed by atoms with van der Waals surface area (Å²) in [5.74, 6) is 2.67. The van der Waals surface area contributed by atoms with Crippen molar-refractivity contribution < 1.29 is 0 Å². The topological polar surface area (TPSA) is 26.0 Å². The van der Waals surface area contributed by atoms with Crippen LogP contribution in [0.4, 0.5) is 0 Å². The molecule has 1 aliphatic carbocycles. The first-order valence-electron chi connectivity index (χ1n) is 5.08. The summed E-state index contributed by atoms with van der Waals surface area (Å²) in [6.07, 6.45) is 9.08. The fourth-order valence-corrected chi connectivity index (χ4v) is 2.15. The Morgan fingerprint density at radius 2 is 2.21 bits per heavy atom. The van der Waals surface area contributed by atoms with Crippen LogP contribution in [0.15, 0.2) is 24.3 Å². The summed E-state index contributed by atoms with van der Waals surface area (Å²) < 4.78 is 0. The van der Waals surface area contributed by atoms with Gasteiger partial charge in [-0.3, -0.25) is 0 Å². The zero-order valence-electron chi connectivity index (χ0n) is 8.29.